The van der Waals surface area contributed by atoms with Gasteiger partial charge in [-0.3, -0.25) is 0 Å². The maximum Gasteiger partial charge on any atom is 0.333 e. The molecule has 2 nitrogen and oxygen atoms in total. The van der Waals surface area contributed by atoms with Crippen LogP contribution in [-0.2, 0) is 14.9 Å². The quantitative estimate of drug-likeness (QED) is 0.584. The number of carbonyl (C=O) groups is 1. The summed E-state index contributed by atoms with van der Waals surface area (Å²) in [6.45, 7) is 5.34. The first kappa shape index (κ1) is 11.5. The topological polar surface area (TPSA) is 26.3 Å². The first-order valence-electron chi connectivity index (χ1n) is 6.58. The first-order chi connectivity index (χ1) is 8.62. The fourth-order valence-electron chi connectivity index (χ4n) is 2.98. The maximum absolute atomic E-state index is 11.7. The lowest BCUT2D eigenvalue weighted by molar-refractivity contribution is -0.145. The molecular formula is C16H18O2. The maximum atomic E-state index is 11.7. The van der Waals surface area contributed by atoms with Gasteiger partial charge in [0.05, 0.1) is 0 Å². The van der Waals surface area contributed by atoms with E-state index in [1.54, 1.807) is 6.92 Å². The van der Waals surface area contributed by atoms with E-state index < -0.39 is 0 Å². The average Bonchev–Trinajstić information content (AvgIpc) is 3.14. The minimum absolute atomic E-state index is 0.0865. The van der Waals surface area contributed by atoms with Crippen molar-refractivity contribution in [3.05, 3.63) is 47.5 Å². The summed E-state index contributed by atoms with van der Waals surface area (Å²) in [5.74, 6) is -0.276. The largest absolute Gasteiger partial charge is 0.454 e. The van der Waals surface area contributed by atoms with Crippen LogP contribution >= 0.6 is 0 Å². The van der Waals surface area contributed by atoms with Gasteiger partial charge in [0, 0.05) is 5.57 Å². The molecule has 0 saturated heterocycles. The minimum atomic E-state index is -0.276. The molecule has 2 aliphatic carbocycles. The van der Waals surface area contributed by atoms with Gasteiger partial charge in [0.25, 0.3) is 0 Å². The summed E-state index contributed by atoms with van der Waals surface area (Å²) in [5, 5.41) is 0. The van der Waals surface area contributed by atoms with E-state index in [9.17, 15) is 4.79 Å². The summed E-state index contributed by atoms with van der Waals surface area (Å²) in [7, 11) is 0. The Bertz CT molecular complexity index is 512. The monoisotopic (exact) mass is 242 g/mol. The number of rotatable bonds is 2. The van der Waals surface area contributed by atoms with Gasteiger partial charge in [0.1, 0.15) is 6.10 Å². The summed E-state index contributed by atoms with van der Waals surface area (Å²) in [4.78, 5) is 11.7. The lowest BCUT2D eigenvalue weighted by Gasteiger charge is -2.31. The molecule has 1 saturated carbocycles. The van der Waals surface area contributed by atoms with E-state index in [-0.39, 0.29) is 12.1 Å². The van der Waals surface area contributed by atoms with Crippen LogP contribution in [0, 0.1) is 0 Å². The molecule has 1 atom stereocenters. The minimum Gasteiger partial charge on any atom is -0.454 e. The van der Waals surface area contributed by atoms with Gasteiger partial charge in [-0.1, -0.05) is 30.8 Å². The van der Waals surface area contributed by atoms with Gasteiger partial charge in [-0.05, 0) is 49.1 Å². The number of carbonyl (C=O) groups excluding carboxylic acids is 1. The van der Waals surface area contributed by atoms with Crippen LogP contribution in [0.4, 0.5) is 0 Å². The zero-order chi connectivity index (χ0) is 12.8. The Kier molecular flexibility index (Phi) is 2.54. The number of hydrogen-bond acceptors (Lipinski definition) is 2. The number of hydrogen-bond donors (Lipinski definition) is 0. The van der Waals surface area contributed by atoms with Crippen molar-refractivity contribution in [1.29, 1.82) is 0 Å². The molecule has 0 amide bonds. The molecule has 18 heavy (non-hydrogen) atoms. The molecule has 2 heteroatoms. The van der Waals surface area contributed by atoms with E-state index in [2.05, 4.69) is 24.8 Å². The van der Waals surface area contributed by atoms with E-state index in [1.807, 2.05) is 6.07 Å². The Morgan fingerprint density at radius 2 is 2.06 bits per heavy atom. The number of benzene rings is 1. The van der Waals surface area contributed by atoms with Crippen LogP contribution in [0.1, 0.15) is 49.8 Å². The van der Waals surface area contributed by atoms with Gasteiger partial charge in [-0.2, -0.15) is 0 Å². The molecule has 1 fully saturated rings. The molecule has 0 aliphatic heterocycles. The second-order valence-electron chi connectivity index (χ2n) is 5.58. The highest BCUT2D eigenvalue weighted by molar-refractivity contribution is 5.87. The van der Waals surface area contributed by atoms with Crippen molar-refractivity contribution in [3.63, 3.8) is 0 Å². The summed E-state index contributed by atoms with van der Waals surface area (Å²) in [5.41, 5.74) is 3.48. The Morgan fingerprint density at radius 3 is 2.72 bits per heavy atom. The van der Waals surface area contributed by atoms with Gasteiger partial charge in [-0.25, -0.2) is 4.79 Å². The van der Waals surface area contributed by atoms with Gasteiger partial charge < -0.3 is 4.74 Å². The lowest BCUT2D eigenvalue weighted by atomic mass is 9.79. The normalized spacial score (nSPS) is 23.3. The highest BCUT2D eigenvalue weighted by atomic mass is 16.5. The van der Waals surface area contributed by atoms with Crippen LogP contribution in [0.5, 0.6) is 0 Å². The fraction of sp³-hybridized carbons (Fsp3) is 0.438. The molecule has 1 aromatic carbocycles. The molecule has 3 rings (SSSR count). The Morgan fingerprint density at radius 1 is 1.33 bits per heavy atom. The van der Waals surface area contributed by atoms with Crippen molar-refractivity contribution in [3.8, 4) is 0 Å². The SMILES string of the molecule is C=C(C)C(=O)OC1CCC2(CC2)c2ccccc21. The zero-order valence-electron chi connectivity index (χ0n) is 10.7. The average molecular weight is 242 g/mol. The van der Waals surface area contributed by atoms with Gasteiger partial charge in [-0.15, -0.1) is 0 Å². The third-order valence-corrected chi connectivity index (χ3v) is 4.22. The Hall–Kier alpha value is -1.57. The molecule has 0 aromatic heterocycles. The summed E-state index contributed by atoms with van der Waals surface area (Å²) in [6, 6.07) is 8.41. The standard InChI is InChI=1S/C16H18O2/c1-11(2)15(17)18-14-7-8-16(9-10-16)13-6-4-3-5-12(13)14/h3-6,14H,1,7-10H2,2H3. The number of esters is 1. The second kappa shape index (κ2) is 3.98. The van der Waals surface area contributed by atoms with Crippen LogP contribution in [0.15, 0.2) is 36.4 Å². The molecular weight excluding hydrogens is 224 g/mol. The third-order valence-electron chi connectivity index (χ3n) is 4.22. The van der Waals surface area contributed by atoms with E-state index in [1.165, 1.54) is 24.0 Å². The van der Waals surface area contributed by atoms with Crippen molar-refractivity contribution < 1.29 is 9.53 Å². The molecule has 0 N–H and O–H groups in total. The first-order valence-corrected chi connectivity index (χ1v) is 6.58. The van der Waals surface area contributed by atoms with Crippen LogP contribution in [0.3, 0.4) is 0 Å². The van der Waals surface area contributed by atoms with E-state index in [0.29, 0.717) is 11.0 Å². The van der Waals surface area contributed by atoms with E-state index in [4.69, 9.17) is 4.74 Å². The van der Waals surface area contributed by atoms with Crippen molar-refractivity contribution in [1.82, 2.24) is 0 Å². The predicted molar refractivity (Wildman–Crippen MR) is 70.2 cm³/mol. The van der Waals surface area contributed by atoms with Crippen LogP contribution in [0.2, 0.25) is 0 Å². The van der Waals surface area contributed by atoms with Crippen molar-refractivity contribution >= 4 is 5.97 Å². The molecule has 0 heterocycles. The fourth-order valence-corrected chi connectivity index (χ4v) is 2.98. The number of fused-ring (bicyclic) bond motifs is 2. The lowest BCUT2D eigenvalue weighted by Crippen LogP contribution is -2.23. The summed E-state index contributed by atoms with van der Waals surface area (Å²) < 4.78 is 5.56. The second-order valence-corrected chi connectivity index (χ2v) is 5.58. The predicted octanol–water partition coefficient (Wildman–Crippen LogP) is 3.67. The Balaban J connectivity index is 1.90. The molecule has 0 bridgehead atoms. The van der Waals surface area contributed by atoms with Crippen LogP contribution in [-0.4, -0.2) is 5.97 Å². The summed E-state index contributed by atoms with van der Waals surface area (Å²) >= 11 is 0. The van der Waals surface area contributed by atoms with Crippen molar-refractivity contribution in [2.45, 2.75) is 44.1 Å². The van der Waals surface area contributed by atoms with E-state index in [0.717, 1.165) is 12.8 Å². The van der Waals surface area contributed by atoms with Gasteiger partial charge >= 0.3 is 5.97 Å². The molecule has 1 aromatic rings. The highest BCUT2D eigenvalue weighted by Gasteiger charge is 2.49. The van der Waals surface area contributed by atoms with Crippen molar-refractivity contribution in [2.24, 2.45) is 0 Å². The number of ether oxygens (including phenoxy) is 1. The smallest absolute Gasteiger partial charge is 0.333 e. The molecule has 1 spiro atoms. The van der Waals surface area contributed by atoms with Crippen LogP contribution in [0.25, 0.3) is 0 Å². The van der Waals surface area contributed by atoms with Gasteiger partial charge in [0.2, 0.25) is 0 Å². The van der Waals surface area contributed by atoms with Crippen LogP contribution < -0.4 is 0 Å². The Labute approximate surface area is 108 Å². The van der Waals surface area contributed by atoms with E-state index >= 15 is 0 Å². The summed E-state index contributed by atoms with van der Waals surface area (Å²) in [6.07, 6.45) is 4.56. The van der Waals surface area contributed by atoms with Gasteiger partial charge in [0.15, 0.2) is 0 Å². The molecule has 1 unspecified atom stereocenters. The molecule has 94 valence electrons. The van der Waals surface area contributed by atoms with Crippen molar-refractivity contribution in [2.75, 3.05) is 0 Å². The zero-order valence-corrected chi connectivity index (χ0v) is 10.7. The highest BCUT2D eigenvalue weighted by Crippen LogP contribution is 2.57. The third kappa shape index (κ3) is 1.76. The molecule has 2 aliphatic rings. The molecule has 0 radical (unpaired) electrons.